The fourth-order valence-corrected chi connectivity index (χ4v) is 6.19. The van der Waals surface area contributed by atoms with Crippen molar-refractivity contribution in [3.63, 3.8) is 0 Å². The SMILES string of the molecule is Cc1noc(C)c1S(=O)(=O)N1CCN(C(=O)CN2CCN(c3ccccc3[N+](=O)[O-])CC2)CC1. The second-order valence-corrected chi connectivity index (χ2v) is 10.3. The van der Waals surface area contributed by atoms with Crippen LogP contribution in [0, 0.1) is 24.0 Å². The summed E-state index contributed by atoms with van der Waals surface area (Å²) in [7, 11) is -3.72. The molecule has 0 unspecified atom stereocenters. The molecule has 12 nitrogen and oxygen atoms in total. The summed E-state index contributed by atoms with van der Waals surface area (Å²) in [5.41, 5.74) is 1.00. The van der Waals surface area contributed by atoms with Gasteiger partial charge in [-0.3, -0.25) is 19.8 Å². The van der Waals surface area contributed by atoms with Gasteiger partial charge in [0, 0.05) is 58.4 Å². The molecular weight excluding hydrogens is 464 g/mol. The van der Waals surface area contributed by atoms with Crippen molar-refractivity contribution in [3.8, 4) is 0 Å². The average Bonchev–Trinajstić information content (AvgIpc) is 3.18. The molecule has 2 aliphatic heterocycles. The fourth-order valence-electron chi connectivity index (χ4n) is 4.47. The number of hydrogen-bond donors (Lipinski definition) is 0. The maximum absolute atomic E-state index is 13.0. The predicted molar refractivity (Wildman–Crippen MR) is 123 cm³/mol. The van der Waals surface area contributed by atoms with Crippen molar-refractivity contribution in [3.05, 3.63) is 45.8 Å². The summed E-state index contributed by atoms with van der Waals surface area (Å²) in [5, 5.41) is 15.0. The molecule has 0 spiro atoms. The van der Waals surface area contributed by atoms with Gasteiger partial charge in [-0.2, -0.15) is 4.31 Å². The number of anilines is 1. The number of amides is 1. The summed E-state index contributed by atoms with van der Waals surface area (Å²) in [4.78, 5) is 29.6. The van der Waals surface area contributed by atoms with Crippen LogP contribution < -0.4 is 4.90 Å². The molecule has 0 radical (unpaired) electrons. The summed E-state index contributed by atoms with van der Waals surface area (Å²) in [6.45, 7) is 6.85. The van der Waals surface area contributed by atoms with Crippen molar-refractivity contribution in [1.82, 2.24) is 19.3 Å². The number of para-hydroxylation sites is 2. The van der Waals surface area contributed by atoms with E-state index >= 15 is 0 Å². The molecular formula is C21H28N6O6S. The maximum Gasteiger partial charge on any atom is 0.292 e. The Hall–Kier alpha value is -3.03. The molecule has 1 amide bonds. The molecule has 1 aromatic carbocycles. The first-order valence-electron chi connectivity index (χ1n) is 11.1. The molecule has 0 bridgehead atoms. The Kier molecular flexibility index (Phi) is 6.86. The van der Waals surface area contributed by atoms with Gasteiger partial charge in [0.05, 0.1) is 11.5 Å². The van der Waals surface area contributed by atoms with E-state index in [0.29, 0.717) is 50.6 Å². The van der Waals surface area contributed by atoms with Gasteiger partial charge in [0.15, 0.2) is 5.76 Å². The molecule has 0 N–H and O–H groups in total. The van der Waals surface area contributed by atoms with E-state index in [0.717, 1.165) is 0 Å². The second-order valence-electron chi connectivity index (χ2n) is 8.45. The van der Waals surface area contributed by atoms with Crippen LogP contribution in [-0.4, -0.2) is 97.4 Å². The van der Waals surface area contributed by atoms with Gasteiger partial charge in [0.25, 0.3) is 5.69 Å². The minimum Gasteiger partial charge on any atom is -0.363 e. The summed E-state index contributed by atoms with van der Waals surface area (Å²) in [6.07, 6.45) is 0. The molecule has 0 atom stereocenters. The number of hydrogen-bond acceptors (Lipinski definition) is 9. The van der Waals surface area contributed by atoms with E-state index in [9.17, 15) is 23.3 Å². The van der Waals surface area contributed by atoms with Gasteiger partial charge < -0.3 is 14.3 Å². The highest BCUT2D eigenvalue weighted by Gasteiger charge is 2.34. The third kappa shape index (κ3) is 4.76. The lowest BCUT2D eigenvalue weighted by molar-refractivity contribution is -0.384. The minimum absolute atomic E-state index is 0.0477. The van der Waals surface area contributed by atoms with E-state index in [2.05, 4.69) is 5.16 Å². The van der Waals surface area contributed by atoms with Crippen LogP contribution in [0.4, 0.5) is 11.4 Å². The van der Waals surface area contributed by atoms with E-state index in [1.165, 1.54) is 10.4 Å². The number of nitrogens with zero attached hydrogens (tertiary/aromatic N) is 6. The van der Waals surface area contributed by atoms with Gasteiger partial charge in [-0.1, -0.05) is 17.3 Å². The first-order chi connectivity index (χ1) is 16.2. The smallest absolute Gasteiger partial charge is 0.292 e. The molecule has 1 aromatic heterocycles. The van der Waals surface area contributed by atoms with Crippen LogP contribution in [0.3, 0.4) is 0 Å². The van der Waals surface area contributed by atoms with Crippen molar-refractivity contribution in [2.45, 2.75) is 18.7 Å². The molecule has 2 saturated heterocycles. The van der Waals surface area contributed by atoms with Crippen molar-refractivity contribution in [2.24, 2.45) is 0 Å². The summed E-state index contributed by atoms with van der Waals surface area (Å²) >= 11 is 0. The summed E-state index contributed by atoms with van der Waals surface area (Å²) in [5.74, 6) is 0.213. The molecule has 3 heterocycles. The van der Waals surface area contributed by atoms with Crippen molar-refractivity contribution < 1.29 is 22.7 Å². The lowest BCUT2D eigenvalue weighted by Gasteiger charge is -2.38. The molecule has 2 aliphatic rings. The number of piperazine rings is 2. The summed E-state index contributed by atoms with van der Waals surface area (Å²) < 4.78 is 32.3. The van der Waals surface area contributed by atoms with Crippen molar-refractivity contribution in [2.75, 3.05) is 63.8 Å². The standard InChI is InChI=1S/C21H28N6O6S/c1-16-21(17(2)33-22-16)34(31,32)26-13-11-25(12-14-26)20(28)15-23-7-9-24(10-8-23)18-5-3-4-6-19(18)27(29)30/h3-6H,7-15H2,1-2H3. The van der Waals surface area contributed by atoms with Crippen LogP contribution in [0.2, 0.25) is 0 Å². The van der Waals surface area contributed by atoms with Crippen molar-refractivity contribution >= 4 is 27.3 Å². The Morgan fingerprint density at radius 2 is 1.71 bits per heavy atom. The van der Waals surface area contributed by atoms with Gasteiger partial charge >= 0.3 is 0 Å². The Labute approximate surface area is 197 Å². The average molecular weight is 493 g/mol. The van der Waals surface area contributed by atoms with E-state index < -0.39 is 10.0 Å². The Morgan fingerprint density at radius 1 is 1.06 bits per heavy atom. The van der Waals surface area contributed by atoms with Gasteiger partial charge in [0.2, 0.25) is 15.9 Å². The first-order valence-corrected chi connectivity index (χ1v) is 12.5. The molecule has 0 aliphatic carbocycles. The van der Waals surface area contributed by atoms with Crippen LogP contribution in [0.5, 0.6) is 0 Å². The Morgan fingerprint density at radius 3 is 2.29 bits per heavy atom. The zero-order valence-electron chi connectivity index (χ0n) is 19.2. The van der Waals surface area contributed by atoms with E-state index in [4.69, 9.17) is 4.52 Å². The highest BCUT2D eigenvalue weighted by Crippen LogP contribution is 2.28. The third-order valence-corrected chi connectivity index (χ3v) is 8.45. The van der Waals surface area contributed by atoms with E-state index in [-0.39, 0.29) is 46.8 Å². The van der Waals surface area contributed by atoms with Gasteiger partial charge in [0.1, 0.15) is 16.3 Å². The maximum atomic E-state index is 13.0. The largest absolute Gasteiger partial charge is 0.363 e. The molecule has 0 saturated carbocycles. The number of aromatic nitrogens is 1. The zero-order valence-corrected chi connectivity index (χ0v) is 20.0. The minimum atomic E-state index is -3.72. The number of nitro groups is 1. The highest BCUT2D eigenvalue weighted by atomic mass is 32.2. The number of sulfonamides is 1. The van der Waals surface area contributed by atoms with Crippen LogP contribution in [0.15, 0.2) is 33.7 Å². The van der Waals surface area contributed by atoms with Crippen LogP contribution in [0.25, 0.3) is 0 Å². The first kappa shape index (κ1) is 24.1. The number of nitro benzene ring substituents is 1. The number of carbonyl (C=O) groups is 1. The van der Waals surface area contributed by atoms with Gasteiger partial charge in [-0.15, -0.1) is 0 Å². The second kappa shape index (κ2) is 9.68. The van der Waals surface area contributed by atoms with E-state index in [1.54, 1.807) is 36.9 Å². The van der Waals surface area contributed by atoms with Crippen LogP contribution in [-0.2, 0) is 14.8 Å². The lowest BCUT2D eigenvalue weighted by Crippen LogP contribution is -2.54. The lowest BCUT2D eigenvalue weighted by atomic mass is 10.2. The van der Waals surface area contributed by atoms with Crippen LogP contribution in [0.1, 0.15) is 11.5 Å². The van der Waals surface area contributed by atoms with Crippen LogP contribution >= 0.6 is 0 Å². The van der Waals surface area contributed by atoms with Crippen molar-refractivity contribution in [1.29, 1.82) is 0 Å². The van der Waals surface area contributed by atoms with Gasteiger partial charge in [-0.05, 0) is 19.9 Å². The highest BCUT2D eigenvalue weighted by molar-refractivity contribution is 7.89. The number of rotatable bonds is 6. The Bertz CT molecular complexity index is 1150. The zero-order chi connectivity index (χ0) is 24.5. The molecule has 184 valence electrons. The van der Waals surface area contributed by atoms with Gasteiger partial charge in [-0.25, -0.2) is 8.42 Å². The Balaban J connectivity index is 1.29. The molecule has 2 fully saturated rings. The topological polar surface area (TPSA) is 133 Å². The fraction of sp³-hybridized carbons (Fsp3) is 0.524. The monoisotopic (exact) mass is 492 g/mol. The molecule has 2 aromatic rings. The third-order valence-electron chi connectivity index (χ3n) is 6.31. The molecule has 34 heavy (non-hydrogen) atoms. The molecule has 13 heteroatoms. The summed E-state index contributed by atoms with van der Waals surface area (Å²) in [6, 6.07) is 6.67. The number of carbonyl (C=O) groups excluding carboxylic acids is 1. The molecule has 4 rings (SSSR count). The number of aryl methyl sites for hydroxylation is 2. The predicted octanol–water partition coefficient (Wildman–Crippen LogP) is 0.855. The normalized spacial score (nSPS) is 18.3. The quantitative estimate of drug-likeness (QED) is 0.425. The van der Waals surface area contributed by atoms with E-state index in [1.807, 2.05) is 9.80 Å². The number of benzene rings is 1.